The van der Waals surface area contributed by atoms with E-state index in [1.165, 1.54) is 19.2 Å². The fourth-order valence-electron chi connectivity index (χ4n) is 1.76. The normalized spacial score (nSPS) is 11.3. The van der Waals surface area contributed by atoms with Crippen molar-refractivity contribution >= 4 is 11.9 Å². The Kier molecular flexibility index (Phi) is 6.36. The quantitative estimate of drug-likeness (QED) is 0.836. The van der Waals surface area contributed by atoms with Gasteiger partial charge in [0.25, 0.3) is 0 Å². The van der Waals surface area contributed by atoms with Crippen molar-refractivity contribution < 1.29 is 32.6 Å². The molecule has 0 heterocycles. The van der Waals surface area contributed by atoms with Crippen molar-refractivity contribution in [2.45, 2.75) is 19.1 Å². The zero-order valence-corrected chi connectivity index (χ0v) is 11.9. The van der Waals surface area contributed by atoms with Crippen LogP contribution in [0.1, 0.15) is 17.5 Å². The summed E-state index contributed by atoms with van der Waals surface area (Å²) in [6.07, 6.45) is -4.43. The highest BCUT2D eigenvalue weighted by Gasteiger charge is 2.30. The number of benzene rings is 1. The fraction of sp³-hybridized carbons (Fsp3) is 0.429. The number of hydrogen-bond acceptors (Lipinski definition) is 3. The molecule has 0 aromatic heterocycles. The first-order valence-corrected chi connectivity index (χ1v) is 6.38. The van der Waals surface area contributed by atoms with Gasteiger partial charge >= 0.3 is 12.1 Å². The van der Waals surface area contributed by atoms with Crippen LogP contribution in [0.15, 0.2) is 24.3 Å². The van der Waals surface area contributed by atoms with E-state index in [9.17, 15) is 22.8 Å². The van der Waals surface area contributed by atoms with E-state index in [1.54, 1.807) is 0 Å². The van der Waals surface area contributed by atoms with Crippen LogP contribution in [0.2, 0.25) is 0 Å². The molecule has 0 saturated heterocycles. The number of methoxy groups -OCH3 is 1. The lowest BCUT2D eigenvalue weighted by atomic mass is 10.1. The fourth-order valence-corrected chi connectivity index (χ4v) is 1.76. The van der Waals surface area contributed by atoms with Crippen molar-refractivity contribution in [2.24, 2.45) is 0 Å². The molecule has 1 aromatic carbocycles. The van der Waals surface area contributed by atoms with Crippen LogP contribution in [0.5, 0.6) is 0 Å². The van der Waals surface area contributed by atoms with Crippen LogP contribution < -0.4 is 0 Å². The van der Waals surface area contributed by atoms with Gasteiger partial charge < -0.3 is 14.7 Å². The Labute approximate surface area is 125 Å². The number of hydrogen-bond donors (Lipinski definition) is 1. The van der Waals surface area contributed by atoms with Crippen LogP contribution in [0.4, 0.5) is 13.2 Å². The van der Waals surface area contributed by atoms with Gasteiger partial charge in [0, 0.05) is 13.7 Å². The number of nitrogens with zero attached hydrogens (tertiary/aromatic N) is 1. The Bertz CT molecular complexity index is 514. The number of carbonyl (C=O) groups excluding carboxylic acids is 1. The minimum atomic E-state index is -4.44. The van der Waals surface area contributed by atoms with Crippen molar-refractivity contribution in [2.75, 3.05) is 20.3 Å². The Morgan fingerprint density at radius 3 is 2.27 bits per heavy atom. The van der Waals surface area contributed by atoms with Crippen molar-refractivity contribution in [3.63, 3.8) is 0 Å². The molecule has 1 rings (SSSR count). The molecule has 0 spiro atoms. The second-order valence-corrected chi connectivity index (χ2v) is 4.58. The lowest BCUT2D eigenvalue weighted by Gasteiger charge is -2.21. The van der Waals surface area contributed by atoms with Crippen LogP contribution in [0, 0.1) is 0 Å². The molecular formula is C14H16F3NO4. The summed E-state index contributed by atoms with van der Waals surface area (Å²) in [6.45, 7) is -0.460. The summed E-state index contributed by atoms with van der Waals surface area (Å²) in [6, 6.07) is 4.24. The highest BCUT2D eigenvalue weighted by atomic mass is 19.4. The minimum absolute atomic E-state index is 0.00438. The number of halogens is 3. The van der Waals surface area contributed by atoms with Crippen LogP contribution in [-0.2, 0) is 27.0 Å². The molecule has 1 N–H and O–H groups in total. The highest BCUT2D eigenvalue weighted by Crippen LogP contribution is 2.29. The summed E-state index contributed by atoms with van der Waals surface area (Å²) < 4.78 is 42.1. The molecule has 122 valence electrons. The van der Waals surface area contributed by atoms with Crippen molar-refractivity contribution in [1.82, 2.24) is 4.90 Å². The molecule has 5 nitrogen and oxygen atoms in total. The average molecular weight is 319 g/mol. The number of ether oxygens (including phenoxy) is 1. The van der Waals surface area contributed by atoms with Crippen LogP contribution in [-0.4, -0.2) is 42.1 Å². The van der Waals surface area contributed by atoms with Crippen LogP contribution in [0.3, 0.4) is 0 Å². The molecule has 0 bridgehead atoms. The molecule has 22 heavy (non-hydrogen) atoms. The maximum atomic E-state index is 12.5. The Morgan fingerprint density at radius 2 is 1.82 bits per heavy atom. The van der Waals surface area contributed by atoms with Crippen molar-refractivity contribution in [3.8, 4) is 0 Å². The smallest absolute Gasteiger partial charge is 0.416 e. The summed E-state index contributed by atoms with van der Waals surface area (Å²) >= 11 is 0. The molecule has 8 heteroatoms. The number of carbonyl (C=O) groups is 2. The number of alkyl halides is 3. The predicted molar refractivity (Wildman–Crippen MR) is 71.0 cm³/mol. The molecule has 0 atom stereocenters. The third kappa shape index (κ3) is 5.72. The number of carboxylic acids is 1. The zero-order chi connectivity index (χ0) is 16.8. The van der Waals surface area contributed by atoms with E-state index in [0.717, 1.165) is 17.0 Å². The maximum Gasteiger partial charge on any atom is 0.416 e. The van der Waals surface area contributed by atoms with Gasteiger partial charge in [-0.3, -0.25) is 9.59 Å². The first-order chi connectivity index (χ1) is 10.2. The topological polar surface area (TPSA) is 66.8 Å². The van der Waals surface area contributed by atoms with Gasteiger partial charge in [0.15, 0.2) is 0 Å². The van der Waals surface area contributed by atoms with Gasteiger partial charge in [-0.2, -0.15) is 13.2 Å². The third-order valence-corrected chi connectivity index (χ3v) is 2.85. The molecule has 0 aliphatic carbocycles. The molecule has 0 saturated carbocycles. The standard InChI is InChI=1S/C14H16F3NO4/c1-22-7-6-12(19)18(9-13(20)21)8-10-2-4-11(5-3-10)14(15,16)17/h2-5H,6-9H2,1H3,(H,20,21). The SMILES string of the molecule is COCCC(=O)N(CC(=O)O)Cc1ccc(C(F)(F)F)cc1. The van der Waals surface area contributed by atoms with Gasteiger partial charge in [0.05, 0.1) is 18.6 Å². The lowest BCUT2D eigenvalue weighted by molar-refractivity contribution is -0.145. The maximum absolute atomic E-state index is 12.5. The zero-order valence-electron chi connectivity index (χ0n) is 11.9. The predicted octanol–water partition coefficient (Wildman–Crippen LogP) is 2.16. The number of amides is 1. The lowest BCUT2D eigenvalue weighted by Crippen LogP contribution is -2.35. The second-order valence-electron chi connectivity index (χ2n) is 4.58. The molecule has 0 aliphatic rings. The molecule has 0 unspecified atom stereocenters. The van der Waals surface area contributed by atoms with Crippen molar-refractivity contribution in [1.29, 1.82) is 0 Å². The number of carboxylic acid groups (broad SMARTS) is 1. The van der Waals surface area contributed by atoms with E-state index >= 15 is 0 Å². The first kappa shape index (κ1) is 18.0. The Hall–Kier alpha value is -2.09. The number of aliphatic carboxylic acids is 1. The molecule has 0 fully saturated rings. The molecular weight excluding hydrogens is 303 g/mol. The van der Waals surface area contributed by atoms with E-state index in [2.05, 4.69) is 0 Å². The summed E-state index contributed by atoms with van der Waals surface area (Å²) in [5.41, 5.74) is -0.383. The van der Waals surface area contributed by atoms with Gasteiger partial charge in [0.1, 0.15) is 6.54 Å². The van der Waals surface area contributed by atoms with E-state index in [0.29, 0.717) is 5.56 Å². The summed E-state index contributed by atoms with van der Waals surface area (Å²) in [5, 5.41) is 8.81. The molecule has 0 aliphatic heterocycles. The Balaban J connectivity index is 2.80. The largest absolute Gasteiger partial charge is 0.480 e. The van der Waals surface area contributed by atoms with E-state index in [-0.39, 0.29) is 19.6 Å². The van der Waals surface area contributed by atoms with Crippen molar-refractivity contribution in [3.05, 3.63) is 35.4 Å². The second kappa shape index (κ2) is 7.79. The van der Waals surface area contributed by atoms with Crippen LogP contribution in [0.25, 0.3) is 0 Å². The van der Waals surface area contributed by atoms with Gasteiger partial charge in [-0.05, 0) is 17.7 Å². The summed E-state index contributed by atoms with van der Waals surface area (Å²) in [7, 11) is 1.41. The molecule has 1 amide bonds. The minimum Gasteiger partial charge on any atom is -0.480 e. The summed E-state index contributed by atoms with van der Waals surface area (Å²) in [4.78, 5) is 23.7. The molecule has 1 aromatic rings. The summed E-state index contributed by atoms with van der Waals surface area (Å²) in [5.74, 6) is -1.64. The van der Waals surface area contributed by atoms with Gasteiger partial charge in [-0.15, -0.1) is 0 Å². The van der Waals surface area contributed by atoms with E-state index < -0.39 is 30.2 Å². The monoisotopic (exact) mass is 319 g/mol. The first-order valence-electron chi connectivity index (χ1n) is 6.38. The highest BCUT2D eigenvalue weighted by molar-refractivity contribution is 5.81. The van der Waals surface area contributed by atoms with E-state index in [4.69, 9.17) is 9.84 Å². The third-order valence-electron chi connectivity index (χ3n) is 2.85. The average Bonchev–Trinajstić information content (AvgIpc) is 2.43. The Morgan fingerprint density at radius 1 is 1.23 bits per heavy atom. The number of rotatable bonds is 7. The van der Waals surface area contributed by atoms with E-state index in [1.807, 2.05) is 0 Å². The van der Waals surface area contributed by atoms with Gasteiger partial charge in [-0.25, -0.2) is 0 Å². The van der Waals surface area contributed by atoms with Gasteiger partial charge in [-0.1, -0.05) is 12.1 Å². The molecule has 0 radical (unpaired) electrons. The van der Waals surface area contributed by atoms with Gasteiger partial charge in [0.2, 0.25) is 5.91 Å². The van der Waals surface area contributed by atoms with Crippen LogP contribution >= 0.6 is 0 Å².